The molecule has 3 nitrogen and oxygen atoms in total. The smallest absolute Gasteiger partial charge is 0.655 e. The second kappa shape index (κ2) is 12.0. The van der Waals surface area contributed by atoms with Crippen molar-refractivity contribution in [2.24, 2.45) is 9.98 Å². The first-order chi connectivity index (χ1) is 13.6. The normalized spacial score (nSPS) is 11.7. The predicted molar refractivity (Wildman–Crippen MR) is 137 cm³/mol. The molecule has 0 N–H and O–H groups in total. The van der Waals surface area contributed by atoms with Gasteiger partial charge in [-0.1, -0.05) is 90.1 Å². The molecule has 171 valence electrons. The van der Waals surface area contributed by atoms with E-state index in [9.17, 15) is 0 Å². The molecular weight excluding hydrogens is 434 g/mol. The average molecular weight is 470 g/mol. The van der Waals surface area contributed by atoms with Gasteiger partial charge in [-0.25, -0.2) is 0 Å². The molecule has 1 heterocycles. The molecule has 0 saturated heterocycles. The van der Waals surface area contributed by atoms with Gasteiger partial charge in [-0.15, -0.1) is 11.4 Å². The third-order valence-corrected chi connectivity index (χ3v) is 4.78. The van der Waals surface area contributed by atoms with E-state index in [0.29, 0.717) is 0 Å². The Kier molecular flexibility index (Phi) is 11.1. The standard InChI is InChI=1S/C26H30N3.2CH3.Fe/c1-25(2,3)21-11-7-9-13-23(21)27-17-19-15-16-20(29-19)18-28-24-14-10-8-12-22(24)26(4,5)6;;;/h7-18H,1-6H3;2*1H3;/q3*-1;+3. The van der Waals surface area contributed by atoms with Gasteiger partial charge in [-0.3, -0.25) is 9.98 Å². The summed E-state index contributed by atoms with van der Waals surface area (Å²) in [4.78, 5) is 14.0. The summed E-state index contributed by atoms with van der Waals surface area (Å²) in [7, 11) is 0. The zero-order valence-corrected chi connectivity index (χ0v) is 21.7. The molecule has 0 bridgehead atoms. The van der Waals surface area contributed by atoms with Crippen LogP contribution in [-0.4, -0.2) is 12.4 Å². The van der Waals surface area contributed by atoms with E-state index in [1.807, 2.05) is 48.8 Å². The molecule has 0 fully saturated rings. The Morgan fingerprint density at radius 3 is 1.28 bits per heavy atom. The van der Waals surface area contributed by atoms with Crippen molar-refractivity contribution < 1.29 is 17.1 Å². The number of aliphatic imine (C=N–C) groups is 2. The maximum atomic E-state index is 4.69. The zero-order valence-electron chi connectivity index (χ0n) is 20.6. The third-order valence-electron chi connectivity index (χ3n) is 4.78. The quantitative estimate of drug-likeness (QED) is 0.219. The monoisotopic (exact) mass is 470 g/mol. The van der Waals surface area contributed by atoms with E-state index in [4.69, 9.17) is 0 Å². The van der Waals surface area contributed by atoms with Crippen LogP contribution in [0.5, 0.6) is 0 Å². The predicted octanol–water partition coefficient (Wildman–Crippen LogP) is 7.64. The molecule has 32 heavy (non-hydrogen) atoms. The second-order valence-electron chi connectivity index (χ2n) is 9.35. The molecule has 4 heteroatoms. The molecule has 3 rings (SSSR count). The molecule has 0 aliphatic rings. The van der Waals surface area contributed by atoms with Crippen molar-refractivity contribution in [1.29, 1.82) is 0 Å². The van der Waals surface area contributed by atoms with Crippen molar-refractivity contribution in [3.05, 3.63) is 98.0 Å². The maximum Gasteiger partial charge on any atom is 3.00 e. The Morgan fingerprint density at radius 2 is 0.938 bits per heavy atom. The Bertz CT molecular complexity index is 949. The zero-order chi connectivity index (χ0) is 21.1. The Hall–Kier alpha value is -2.42. The minimum atomic E-state index is 0. The van der Waals surface area contributed by atoms with E-state index in [2.05, 4.69) is 80.8 Å². The maximum absolute atomic E-state index is 4.69. The number of aromatic nitrogens is 1. The minimum Gasteiger partial charge on any atom is -0.655 e. The van der Waals surface area contributed by atoms with Gasteiger partial charge in [0.2, 0.25) is 0 Å². The first-order valence-corrected chi connectivity index (χ1v) is 10.1. The van der Waals surface area contributed by atoms with Gasteiger partial charge < -0.3 is 19.8 Å². The second-order valence-corrected chi connectivity index (χ2v) is 9.35. The summed E-state index contributed by atoms with van der Waals surface area (Å²) >= 11 is 0. The summed E-state index contributed by atoms with van der Waals surface area (Å²) in [6.07, 6.45) is 3.65. The Balaban J connectivity index is 0.00000320. The van der Waals surface area contributed by atoms with Gasteiger partial charge in [-0.2, -0.15) is 0 Å². The van der Waals surface area contributed by atoms with Crippen molar-refractivity contribution in [3.63, 3.8) is 0 Å². The van der Waals surface area contributed by atoms with Crippen molar-refractivity contribution in [2.45, 2.75) is 52.4 Å². The number of para-hydroxylation sites is 2. The van der Waals surface area contributed by atoms with Crippen LogP contribution in [0.2, 0.25) is 0 Å². The summed E-state index contributed by atoms with van der Waals surface area (Å²) in [5.74, 6) is 0. The minimum absolute atomic E-state index is 0. The molecule has 1 aromatic heterocycles. The Morgan fingerprint density at radius 1 is 0.594 bits per heavy atom. The fourth-order valence-corrected chi connectivity index (χ4v) is 3.25. The average Bonchev–Trinajstić information content (AvgIpc) is 3.11. The van der Waals surface area contributed by atoms with Crippen LogP contribution in [0.15, 0.2) is 70.6 Å². The van der Waals surface area contributed by atoms with Crippen LogP contribution >= 0.6 is 0 Å². The van der Waals surface area contributed by atoms with Crippen molar-refractivity contribution in [1.82, 2.24) is 4.98 Å². The van der Waals surface area contributed by atoms with Gasteiger partial charge in [0.15, 0.2) is 0 Å². The topological polar surface area (TPSA) is 38.8 Å². The van der Waals surface area contributed by atoms with Crippen molar-refractivity contribution in [3.8, 4) is 0 Å². The van der Waals surface area contributed by atoms with Crippen molar-refractivity contribution in [2.75, 3.05) is 0 Å². The van der Waals surface area contributed by atoms with E-state index < -0.39 is 0 Å². The molecule has 0 amide bonds. The first kappa shape index (κ1) is 29.6. The SMILES string of the molecule is CC(C)(C)c1ccccc1N=Cc1ccc(C=Nc2ccccc2C(C)(C)C)[n-]1.[CH3-].[CH3-].[Fe+3]. The summed E-state index contributed by atoms with van der Waals surface area (Å²) in [5.41, 5.74) is 6.18. The van der Waals surface area contributed by atoms with E-state index >= 15 is 0 Å². The summed E-state index contributed by atoms with van der Waals surface area (Å²) < 4.78 is 0. The van der Waals surface area contributed by atoms with Crippen molar-refractivity contribution >= 4 is 23.8 Å². The van der Waals surface area contributed by atoms with Crippen LogP contribution in [0, 0.1) is 14.9 Å². The van der Waals surface area contributed by atoms with Gasteiger partial charge in [0.05, 0.1) is 11.4 Å². The summed E-state index contributed by atoms with van der Waals surface area (Å²) in [6.45, 7) is 13.2. The van der Waals surface area contributed by atoms with E-state index in [1.165, 1.54) is 11.1 Å². The fraction of sp³-hybridized carbons (Fsp3) is 0.286. The van der Waals surface area contributed by atoms with Crippen LogP contribution in [-0.2, 0) is 27.9 Å². The summed E-state index contributed by atoms with van der Waals surface area (Å²) in [6, 6.07) is 20.5. The number of benzene rings is 2. The molecule has 2 aromatic carbocycles. The van der Waals surface area contributed by atoms with Gasteiger partial charge in [0.1, 0.15) is 0 Å². The van der Waals surface area contributed by atoms with Gasteiger partial charge in [0, 0.05) is 12.4 Å². The van der Waals surface area contributed by atoms with Gasteiger partial charge >= 0.3 is 17.1 Å². The molecule has 0 aliphatic carbocycles. The fourth-order valence-electron chi connectivity index (χ4n) is 3.25. The number of hydrogen-bond donors (Lipinski definition) is 0. The number of rotatable bonds is 4. The van der Waals surface area contributed by atoms with Crippen LogP contribution < -0.4 is 4.98 Å². The van der Waals surface area contributed by atoms with E-state index in [0.717, 1.165) is 22.8 Å². The van der Waals surface area contributed by atoms with Crippen LogP contribution in [0.1, 0.15) is 64.1 Å². The molecule has 0 atom stereocenters. The largest absolute Gasteiger partial charge is 3.00 e. The number of nitrogens with zero attached hydrogens (tertiary/aromatic N) is 3. The Labute approximate surface area is 206 Å². The molecule has 0 unspecified atom stereocenters. The third kappa shape index (κ3) is 7.62. The van der Waals surface area contributed by atoms with E-state index in [1.54, 1.807) is 0 Å². The first-order valence-electron chi connectivity index (χ1n) is 10.1. The molecule has 3 aromatic rings. The molecule has 0 spiro atoms. The molecule has 1 radical (unpaired) electrons. The van der Waals surface area contributed by atoms with Gasteiger partial charge in [-0.05, 0) is 34.1 Å². The molecular formula is C28H36FeN3. The summed E-state index contributed by atoms with van der Waals surface area (Å²) in [5, 5.41) is 0. The molecule has 0 aliphatic heterocycles. The van der Waals surface area contributed by atoms with Crippen LogP contribution in [0.25, 0.3) is 0 Å². The van der Waals surface area contributed by atoms with E-state index in [-0.39, 0.29) is 42.8 Å². The number of hydrogen-bond acceptors (Lipinski definition) is 2. The van der Waals surface area contributed by atoms with Gasteiger partial charge in [0.25, 0.3) is 0 Å². The van der Waals surface area contributed by atoms with Crippen LogP contribution in [0.4, 0.5) is 11.4 Å². The van der Waals surface area contributed by atoms with Crippen LogP contribution in [0.3, 0.4) is 0 Å². The molecule has 0 saturated carbocycles.